The number of carbonyl (C=O) groups is 2. The summed E-state index contributed by atoms with van der Waals surface area (Å²) in [5.74, 6) is 0.0682. The first-order valence-electron chi connectivity index (χ1n) is 6.95. The Morgan fingerprint density at radius 3 is 2.62 bits per heavy atom. The first kappa shape index (κ1) is 14.1. The monoisotopic (exact) mass is 304 g/mol. The average Bonchev–Trinajstić information content (AvgIpc) is 2.36. The molecule has 1 aliphatic heterocycles. The number of urea groups is 1. The van der Waals surface area contributed by atoms with E-state index in [1.807, 2.05) is 32.0 Å². The van der Waals surface area contributed by atoms with Crippen molar-refractivity contribution in [3.8, 4) is 0 Å². The summed E-state index contributed by atoms with van der Waals surface area (Å²) in [6.45, 7) is 4.07. The van der Waals surface area contributed by atoms with Crippen LogP contribution in [0.15, 0.2) is 35.5 Å². The van der Waals surface area contributed by atoms with Gasteiger partial charge in [0.1, 0.15) is 0 Å². The normalized spacial score (nSPS) is 24.2. The second-order valence-electron chi connectivity index (χ2n) is 6.39. The van der Waals surface area contributed by atoms with Gasteiger partial charge in [-0.1, -0.05) is 43.6 Å². The van der Waals surface area contributed by atoms with Crippen molar-refractivity contribution in [1.82, 2.24) is 10.6 Å². The molecule has 0 aromatic heterocycles. The highest BCUT2D eigenvalue weighted by Crippen LogP contribution is 2.42. The maximum Gasteiger partial charge on any atom is 0.319 e. The average molecular weight is 305 g/mol. The third kappa shape index (κ3) is 2.56. The minimum Gasteiger partial charge on any atom is -0.327 e. The van der Waals surface area contributed by atoms with Gasteiger partial charge in [-0.25, -0.2) is 4.79 Å². The van der Waals surface area contributed by atoms with Crippen LogP contribution in [0.3, 0.4) is 0 Å². The van der Waals surface area contributed by atoms with Crippen molar-refractivity contribution >= 4 is 23.4 Å². The molecular formula is C16H17ClN2O2. The number of benzene rings is 1. The van der Waals surface area contributed by atoms with Gasteiger partial charge < -0.3 is 10.6 Å². The van der Waals surface area contributed by atoms with E-state index in [0.717, 1.165) is 11.3 Å². The van der Waals surface area contributed by atoms with Crippen LogP contribution in [0, 0.1) is 5.41 Å². The van der Waals surface area contributed by atoms with E-state index in [4.69, 9.17) is 11.6 Å². The molecule has 4 nitrogen and oxygen atoms in total. The van der Waals surface area contributed by atoms with Crippen LogP contribution in [0.4, 0.5) is 4.79 Å². The summed E-state index contributed by atoms with van der Waals surface area (Å²) in [7, 11) is 0. The second-order valence-corrected chi connectivity index (χ2v) is 6.79. The number of ketones is 1. The van der Waals surface area contributed by atoms with Crippen LogP contribution in [-0.4, -0.2) is 11.8 Å². The molecule has 3 rings (SSSR count). The molecule has 0 saturated heterocycles. The highest BCUT2D eigenvalue weighted by atomic mass is 35.5. The Hall–Kier alpha value is -1.81. The van der Waals surface area contributed by atoms with Crippen LogP contribution in [0.25, 0.3) is 0 Å². The minimum absolute atomic E-state index is 0.0682. The number of amides is 2. The van der Waals surface area contributed by atoms with E-state index in [9.17, 15) is 9.59 Å². The molecule has 21 heavy (non-hydrogen) atoms. The number of carbonyl (C=O) groups excluding carboxylic acids is 2. The standard InChI is InChI=1S/C16H17ClN2O2/c1-16(2)7-11-13(12(20)8-16)14(19-15(21)18-11)9-5-3-4-6-10(9)17/h3-6,14H,7-8H2,1-2H3,(H2,18,19,21). The number of rotatable bonds is 1. The minimum atomic E-state index is -0.467. The Bertz CT molecular complexity index is 664. The largest absolute Gasteiger partial charge is 0.327 e. The fraction of sp³-hybridized carbons (Fsp3) is 0.375. The summed E-state index contributed by atoms with van der Waals surface area (Å²) in [5.41, 5.74) is 1.99. The quantitative estimate of drug-likeness (QED) is 0.836. The van der Waals surface area contributed by atoms with Gasteiger partial charge in [0, 0.05) is 22.7 Å². The molecule has 0 bridgehead atoms. The second kappa shape index (κ2) is 4.88. The highest BCUT2D eigenvalue weighted by Gasteiger charge is 2.40. The Labute approximate surface area is 128 Å². The lowest BCUT2D eigenvalue weighted by Crippen LogP contribution is -2.48. The predicted molar refractivity (Wildman–Crippen MR) is 80.9 cm³/mol. The fourth-order valence-corrected chi connectivity index (χ4v) is 3.34. The lowest BCUT2D eigenvalue weighted by molar-refractivity contribution is -0.118. The van der Waals surface area contributed by atoms with Crippen LogP contribution in [0.1, 0.15) is 38.3 Å². The van der Waals surface area contributed by atoms with Gasteiger partial charge in [0.05, 0.1) is 6.04 Å². The molecule has 1 aliphatic carbocycles. The Kier molecular flexibility index (Phi) is 3.29. The van der Waals surface area contributed by atoms with Gasteiger partial charge in [-0.05, 0) is 23.5 Å². The summed E-state index contributed by atoms with van der Waals surface area (Å²) in [6, 6.07) is 6.54. The summed E-state index contributed by atoms with van der Waals surface area (Å²) < 4.78 is 0. The van der Waals surface area contributed by atoms with Gasteiger partial charge in [-0.2, -0.15) is 0 Å². The van der Waals surface area contributed by atoms with Crippen molar-refractivity contribution < 1.29 is 9.59 Å². The lowest BCUT2D eigenvalue weighted by atomic mass is 9.73. The zero-order chi connectivity index (χ0) is 15.2. The van der Waals surface area contributed by atoms with E-state index < -0.39 is 6.04 Å². The van der Waals surface area contributed by atoms with E-state index >= 15 is 0 Å². The van der Waals surface area contributed by atoms with Gasteiger partial charge in [-0.3, -0.25) is 4.79 Å². The van der Waals surface area contributed by atoms with Crippen molar-refractivity contribution in [2.24, 2.45) is 5.41 Å². The molecule has 1 aromatic carbocycles. The van der Waals surface area contributed by atoms with Gasteiger partial charge in [0.2, 0.25) is 0 Å². The van der Waals surface area contributed by atoms with Crippen LogP contribution in [0.2, 0.25) is 5.02 Å². The highest BCUT2D eigenvalue weighted by molar-refractivity contribution is 6.31. The van der Waals surface area contributed by atoms with Gasteiger partial charge >= 0.3 is 6.03 Å². The molecule has 1 heterocycles. The molecule has 2 N–H and O–H groups in total. The van der Waals surface area contributed by atoms with Crippen molar-refractivity contribution in [3.05, 3.63) is 46.1 Å². The number of Topliss-reactive ketones (excluding diaryl/α,β-unsaturated/α-hetero) is 1. The van der Waals surface area contributed by atoms with Crippen molar-refractivity contribution in [2.75, 3.05) is 0 Å². The smallest absolute Gasteiger partial charge is 0.319 e. The Morgan fingerprint density at radius 2 is 1.90 bits per heavy atom. The fourth-order valence-electron chi connectivity index (χ4n) is 3.10. The number of halogens is 1. The third-order valence-corrected chi connectivity index (χ3v) is 4.31. The molecule has 110 valence electrons. The molecule has 0 saturated carbocycles. The molecular weight excluding hydrogens is 288 g/mol. The van der Waals surface area contributed by atoms with Crippen LogP contribution < -0.4 is 10.6 Å². The summed E-state index contributed by atoms with van der Waals surface area (Å²) in [4.78, 5) is 24.5. The molecule has 1 atom stereocenters. The van der Waals surface area contributed by atoms with Crippen LogP contribution in [0.5, 0.6) is 0 Å². The number of hydrogen-bond donors (Lipinski definition) is 2. The number of allylic oxidation sites excluding steroid dienone is 1. The molecule has 0 radical (unpaired) electrons. The molecule has 5 heteroatoms. The van der Waals surface area contributed by atoms with Crippen molar-refractivity contribution in [2.45, 2.75) is 32.7 Å². The van der Waals surface area contributed by atoms with Gasteiger partial charge in [0.25, 0.3) is 0 Å². The van der Waals surface area contributed by atoms with E-state index in [-0.39, 0.29) is 17.2 Å². The Morgan fingerprint density at radius 1 is 1.19 bits per heavy atom. The maximum absolute atomic E-state index is 12.6. The third-order valence-electron chi connectivity index (χ3n) is 3.96. The van der Waals surface area contributed by atoms with E-state index in [1.165, 1.54) is 0 Å². The van der Waals surface area contributed by atoms with Crippen LogP contribution >= 0.6 is 11.6 Å². The summed E-state index contributed by atoms with van der Waals surface area (Å²) in [6.07, 6.45) is 1.16. The predicted octanol–water partition coefficient (Wildman–Crippen LogP) is 3.34. The SMILES string of the molecule is CC1(C)CC(=O)C2=C(C1)NC(=O)NC2c1ccccc1Cl. The molecule has 0 spiro atoms. The van der Waals surface area contributed by atoms with Crippen molar-refractivity contribution in [3.63, 3.8) is 0 Å². The van der Waals surface area contributed by atoms with E-state index in [1.54, 1.807) is 6.07 Å². The molecule has 1 unspecified atom stereocenters. The van der Waals surface area contributed by atoms with E-state index in [0.29, 0.717) is 23.4 Å². The molecule has 0 fully saturated rings. The van der Waals surface area contributed by atoms with Gasteiger partial charge in [-0.15, -0.1) is 0 Å². The first-order valence-corrected chi connectivity index (χ1v) is 7.33. The van der Waals surface area contributed by atoms with Gasteiger partial charge in [0.15, 0.2) is 5.78 Å². The molecule has 2 aliphatic rings. The molecule has 2 amide bonds. The lowest BCUT2D eigenvalue weighted by Gasteiger charge is -2.38. The van der Waals surface area contributed by atoms with E-state index in [2.05, 4.69) is 10.6 Å². The molecule has 1 aromatic rings. The number of nitrogens with one attached hydrogen (secondary N) is 2. The maximum atomic E-state index is 12.6. The zero-order valence-corrected chi connectivity index (χ0v) is 12.8. The summed E-state index contributed by atoms with van der Waals surface area (Å²) >= 11 is 6.23. The number of hydrogen-bond acceptors (Lipinski definition) is 2. The topological polar surface area (TPSA) is 58.2 Å². The Balaban J connectivity index is 2.11. The first-order chi connectivity index (χ1) is 9.87. The zero-order valence-electron chi connectivity index (χ0n) is 12.0. The summed E-state index contributed by atoms with van der Waals surface area (Å²) in [5, 5.41) is 6.16. The van der Waals surface area contributed by atoms with Crippen LogP contribution in [-0.2, 0) is 4.79 Å². The van der Waals surface area contributed by atoms with Crippen molar-refractivity contribution in [1.29, 1.82) is 0 Å².